The molecule has 0 saturated heterocycles. The molecule has 3 aromatic carbocycles. The maximum Gasteiger partial charge on any atom is 0.223 e. The van der Waals surface area contributed by atoms with Gasteiger partial charge in [0.05, 0.1) is 0 Å². The first-order valence-corrected chi connectivity index (χ1v) is 11.9. The SMILES string of the molecule is Oc1cccc(CC2CCCCCC=C2c2nc(-c3ccccc3)c(-c3ccccc3)o2)c1. The molecule has 0 saturated carbocycles. The number of oxazole rings is 1. The summed E-state index contributed by atoms with van der Waals surface area (Å²) in [6.45, 7) is 0. The Labute approximate surface area is 195 Å². The van der Waals surface area contributed by atoms with Crippen molar-refractivity contribution in [3.63, 3.8) is 0 Å². The van der Waals surface area contributed by atoms with Crippen LogP contribution >= 0.6 is 0 Å². The van der Waals surface area contributed by atoms with Crippen LogP contribution < -0.4 is 0 Å². The van der Waals surface area contributed by atoms with Gasteiger partial charge in [0.2, 0.25) is 5.89 Å². The minimum Gasteiger partial charge on any atom is -0.508 e. The number of aromatic hydroxyl groups is 1. The lowest BCUT2D eigenvalue weighted by Crippen LogP contribution is -2.10. The normalized spacial score (nSPS) is 16.6. The number of phenolic OH excluding ortho intramolecular Hbond substituents is 1. The van der Waals surface area contributed by atoms with Crippen molar-refractivity contribution in [2.45, 2.75) is 38.5 Å². The molecule has 33 heavy (non-hydrogen) atoms. The average molecular weight is 436 g/mol. The van der Waals surface area contributed by atoms with Crippen molar-refractivity contribution in [1.82, 2.24) is 4.98 Å². The van der Waals surface area contributed by atoms with Gasteiger partial charge in [0, 0.05) is 16.7 Å². The Morgan fingerprint density at radius 3 is 2.33 bits per heavy atom. The molecule has 0 spiro atoms. The van der Waals surface area contributed by atoms with Gasteiger partial charge in [0.1, 0.15) is 11.4 Å². The van der Waals surface area contributed by atoms with Gasteiger partial charge in [0.25, 0.3) is 0 Å². The maximum absolute atomic E-state index is 9.97. The monoisotopic (exact) mass is 435 g/mol. The summed E-state index contributed by atoms with van der Waals surface area (Å²) in [5, 5.41) is 9.97. The van der Waals surface area contributed by atoms with Gasteiger partial charge in [-0.1, -0.05) is 91.7 Å². The molecule has 3 heteroatoms. The van der Waals surface area contributed by atoms with Gasteiger partial charge in [-0.15, -0.1) is 0 Å². The van der Waals surface area contributed by atoms with Crippen molar-refractivity contribution in [3.05, 3.63) is 102 Å². The average Bonchev–Trinajstić information content (AvgIpc) is 3.27. The highest BCUT2D eigenvalue weighted by atomic mass is 16.4. The van der Waals surface area contributed by atoms with Crippen LogP contribution in [0.1, 0.15) is 43.6 Å². The van der Waals surface area contributed by atoms with Gasteiger partial charge in [-0.05, 0) is 49.3 Å². The van der Waals surface area contributed by atoms with Crippen LogP contribution in [0.25, 0.3) is 28.2 Å². The Morgan fingerprint density at radius 2 is 1.58 bits per heavy atom. The van der Waals surface area contributed by atoms with E-state index in [1.807, 2.05) is 48.5 Å². The summed E-state index contributed by atoms with van der Waals surface area (Å²) in [5.74, 6) is 2.16. The second-order valence-corrected chi connectivity index (χ2v) is 8.80. The number of hydrogen-bond acceptors (Lipinski definition) is 3. The van der Waals surface area contributed by atoms with E-state index in [0.29, 0.717) is 11.7 Å². The van der Waals surface area contributed by atoms with Crippen LogP contribution in [-0.4, -0.2) is 10.1 Å². The summed E-state index contributed by atoms with van der Waals surface area (Å²) in [7, 11) is 0. The zero-order valence-electron chi connectivity index (χ0n) is 18.8. The lowest BCUT2D eigenvalue weighted by atomic mass is 9.84. The van der Waals surface area contributed by atoms with Crippen molar-refractivity contribution < 1.29 is 9.52 Å². The zero-order chi connectivity index (χ0) is 22.5. The molecule has 3 nitrogen and oxygen atoms in total. The van der Waals surface area contributed by atoms with Crippen LogP contribution in [-0.2, 0) is 6.42 Å². The zero-order valence-corrected chi connectivity index (χ0v) is 18.8. The minimum atomic E-state index is 0.304. The molecule has 0 radical (unpaired) electrons. The van der Waals surface area contributed by atoms with Gasteiger partial charge in [-0.3, -0.25) is 0 Å². The smallest absolute Gasteiger partial charge is 0.223 e. The van der Waals surface area contributed by atoms with Gasteiger partial charge < -0.3 is 9.52 Å². The van der Waals surface area contributed by atoms with Crippen molar-refractivity contribution >= 4 is 5.57 Å². The molecule has 5 rings (SSSR count). The number of benzene rings is 3. The molecule has 1 aliphatic carbocycles. The minimum absolute atomic E-state index is 0.304. The first-order chi connectivity index (χ1) is 16.3. The molecular formula is C30H29NO2. The van der Waals surface area contributed by atoms with Gasteiger partial charge >= 0.3 is 0 Å². The Hall–Kier alpha value is -3.59. The van der Waals surface area contributed by atoms with E-state index in [9.17, 15) is 5.11 Å². The van der Waals surface area contributed by atoms with E-state index in [-0.39, 0.29) is 0 Å². The molecule has 0 aliphatic heterocycles. The Bertz CT molecular complexity index is 1170. The first-order valence-electron chi connectivity index (χ1n) is 11.9. The Balaban J connectivity index is 1.58. The number of aromatic nitrogens is 1. The topological polar surface area (TPSA) is 46.3 Å². The molecule has 0 bridgehead atoms. The summed E-state index contributed by atoms with van der Waals surface area (Å²) >= 11 is 0. The molecule has 1 heterocycles. The maximum atomic E-state index is 9.97. The predicted molar refractivity (Wildman–Crippen MR) is 134 cm³/mol. The molecule has 1 N–H and O–H groups in total. The molecular weight excluding hydrogens is 406 g/mol. The van der Waals surface area contributed by atoms with Crippen LogP contribution in [0.2, 0.25) is 0 Å². The fourth-order valence-electron chi connectivity index (χ4n) is 4.75. The Kier molecular flexibility index (Phi) is 6.39. The van der Waals surface area contributed by atoms with E-state index < -0.39 is 0 Å². The van der Waals surface area contributed by atoms with Crippen LogP contribution in [0.4, 0.5) is 0 Å². The third kappa shape index (κ3) is 4.93. The number of hydrogen-bond donors (Lipinski definition) is 1. The molecule has 1 aromatic heterocycles. The van der Waals surface area contributed by atoms with E-state index in [1.165, 1.54) is 24.8 Å². The van der Waals surface area contributed by atoms with Crippen molar-refractivity contribution in [2.75, 3.05) is 0 Å². The second-order valence-electron chi connectivity index (χ2n) is 8.80. The number of allylic oxidation sites excluding steroid dienone is 2. The molecule has 166 valence electrons. The van der Waals surface area contributed by atoms with Crippen molar-refractivity contribution in [1.29, 1.82) is 0 Å². The molecule has 4 aromatic rings. The second kappa shape index (κ2) is 9.91. The molecule has 0 amide bonds. The summed E-state index contributed by atoms with van der Waals surface area (Å²) in [6.07, 6.45) is 8.96. The van der Waals surface area contributed by atoms with Gasteiger partial charge in [-0.2, -0.15) is 0 Å². The lowest BCUT2D eigenvalue weighted by molar-refractivity contribution is 0.472. The van der Waals surface area contributed by atoms with Crippen LogP contribution in [0.5, 0.6) is 5.75 Å². The van der Waals surface area contributed by atoms with E-state index in [1.54, 1.807) is 6.07 Å². The molecule has 1 aliphatic rings. The van der Waals surface area contributed by atoms with E-state index >= 15 is 0 Å². The van der Waals surface area contributed by atoms with E-state index in [4.69, 9.17) is 9.40 Å². The van der Waals surface area contributed by atoms with Crippen LogP contribution in [0.15, 0.2) is 95.4 Å². The summed E-state index contributed by atoms with van der Waals surface area (Å²) < 4.78 is 6.55. The quantitative estimate of drug-likeness (QED) is 0.346. The van der Waals surface area contributed by atoms with Gasteiger partial charge in [-0.25, -0.2) is 4.98 Å². The summed E-state index contributed by atoms with van der Waals surface area (Å²) in [6, 6.07) is 28.1. The number of rotatable bonds is 5. The fourth-order valence-corrected chi connectivity index (χ4v) is 4.75. The summed E-state index contributed by atoms with van der Waals surface area (Å²) in [5.41, 5.74) is 5.31. The third-order valence-corrected chi connectivity index (χ3v) is 6.41. The fraction of sp³-hybridized carbons (Fsp3) is 0.233. The molecule has 1 unspecified atom stereocenters. The Morgan fingerprint density at radius 1 is 0.818 bits per heavy atom. The van der Waals surface area contributed by atoms with Crippen molar-refractivity contribution in [3.8, 4) is 28.3 Å². The van der Waals surface area contributed by atoms with Crippen LogP contribution in [0.3, 0.4) is 0 Å². The molecule has 1 atom stereocenters. The summed E-state index contributed by atoms with van der Waals surface area (Å²) in [4.78, 5) is 5.08. The lowest BCUT2D eigenvalue weighted by Gasteiger charge is -2.21. The highest BCUT2D eigenvalue weighted by Gasteiger charge is 2.25. The third-order valence-electron chi connectivity index (χ3n) is 6.41. The largest absolute Gasteiger partial charge is 0.508 e. The standard InChI is InChI=1S/C30H29NO2/c32-26-18-11-12-22(21-26)20-25-17-5-1-2-10-19-27(25)30-31-28(23-13-6-3-7-14-23)29(33-30)24-15-8-4-9-16-24/h3-4,6-9,11-16,18-19,21,25,32H,1-2,5,10,17,20H2. The highest BCUT2D eigenvalue weighted by Crippen LogP contribution is 2.39. The predicted octanol–water partition coefficient (Wildman–Crippen LogP) is 7.92. The first kappa shape index (κ1) is 21.3. The van der Waals surface area contributed by atoms with Gasteiger partial charge in [0.15, 0.2) is 5.76 Å². The van der Waals surface area contributed by atoms with Crippen LogP contribution in [0, 0.1) is 5.92 Å². The number of nitrogens with zero attached hydrogens (tertiary/aromatic N) is 1. The molecule has 0 fully saturated rings. The highest BCUT2D eigenvalue weighted by molar-refractivity contribution is 5.79. The number of phenols is 1. The van der Waals surface area contributed by atoms with E-state index in [0.717, 1.165) is 53.3 Å². The van der Waals surface area contributed by atoms with E-state index in [2.05, 4.69) is 36.4 Å². The van der Waals surface area contributed by atoms with Crippen molar-refractivity contribution in [2.24, 2.45) is 5.92 Å².